The van der Waals surface area contributed by atoms with Crippen LogP contribution in [-0.4, -0.2) is 42.9 Å². The maximum absolute atomic E-state index is 12.9. The summed E-state index contributed by atoms with van der Waals surface area (Å²) in [6.45, 7) is 4.79. The minimum Gasteiger partial charge on any atom is -0.325 e. The van der Waals surface area contributed by atoms with Crippen LogP contribution in [0.4, 0.5) is 11.4 Å². The van der Waals surface area contributed by atoms with Gasteiger partial charge in [0.05, 0.1) is 12.6 Å². The summed E-state index contributed by atoms with van der Waals surface area (Å²) in [6, 6.07) is 15.4. The minimum atomic E-state index is -0.372. The van der Waals surface area contributed by atoms with Crippen molar-refractivity contribution < 1.29 is 9.59 Å². The van der Waals surface area contributed by atoms with E-state index in [4.69, 9.17) is 0 Å². The highest BCUT2D eigenvalue weighted by Crippen LogP contribution is 2.28. The molecule has 0 aliphatic carbocycles. The van der Waals surface area contributed by atoms with Gasteiger partial charge < -0.3 is 10.2 Å². The fraction of sp³-hybridized carbons (Fsp3) is 0.364. The van der Waals surface area contributed by atoms with Gasteiger partial charge in [0.2, 0.25) is 11.8 Å². The molecule has 1 aliphatic heterocycles. The van der Waals surface area contributed by atoms with E-state index < -0.39 is 0 Å². The van der Waals surface area contributed by atoms with E-state index in [0.29, 0.717) is 6.54 Å². The standard InChI is InChI=1S/C22H27N3O2/c1-4-17-9-5-7-11-19(17)23-21(26)15-24(3)16(2)22(27)25-14-13-18-10-6-8-12-20(18)25/h5-12,16H,4,13-15H2,1-3H3,(H,23,26). The SMILES string of the molecule is CCc1ccccc1NC(=O)CN(C)C(C)C(=O)N1CCc2ccccc21. The van der Waals surface area contributed by atoms with Crippen LogP contribution in [0.1, 0.15) is 25.0 Å². The van der Waals surface area contributed by atoms with Crippen molar-refractivity contribution in [2.24, 2.45) is 0 Å². The lowest BCUT2D eigenvalue weighted by Gasteiger charge is -2.28. The van der Waals surface area contributed by atoms with E-state index >= 15 is 0 Å². The third kappa shape index (κ3) is 4.19. The summed E-state index contributed by atoms with van der Waals surface area (Å²) in [5.41, 5.74) is 4.14. The van der Waals surface area contributed by atoms with Crippen molar-refractivity contribution in [1.29, 1.82) is 0 Å². The fourth-order valence-corrected chi connectivity index (χ4v) is 3.48. The van der Waals surface area contributed by atoms with Gasteiger partial charge in [-0.15, -0.1) is 0 Å². The Labute approximate surface area is 161 Å². The third-order valence-electron chi connectivity index (χ3n) is 5.24. The Morgan fingerprint density at radius 3 is 2.63 bits per heavy atom. The molecular formula is C22H27N3O2. The molecule has 1 aliphatic rings. The number of amides is 2. The second kappa shape index (κ2) is 8.35. The Bertz CT molecular complexity index is 834. The van der Waals surface area contributed by atoms with Gasteiger partial charge in [-0.2, -0.15) is 0 Å². The minimum absolute atomic E-state index is 0.0317. The maximum atomic E-state index is 12.9. The molecule has 0 saturated heterocycles. The fourth-order valence-electron chi connectivity index (χ4n) is 3.48. The van der Waals surface area contributed by atoms with E-state index in [1.54, 1.807) is 4.90 Å². The van der Waals surface area contributed by atoms with E-state index in [2.05, 4.69) is 18.3 Å². The van der Waals surface area contributed by atoms with Gasteiger partial charge >= 0.3 is 0 Å². The second-order valence-electron chi connectivity index (χ2n) is 7.02. The average Bonchev–Trinajstić information content (AvgIpc) is 3.11. The van der Waals surface area contributed by atoms with E-state index in [0.717, 1.165) is 29.8 Å². The van der Waals surface area contributed by atoms with Crippen molar-refractivity contribution in [2.75, 3.05) is 30.4 Å². The van der Waals surface area contributed by atoms with Crippen molar-refractivity contribution in [3.8, 4) is 0 Å². The number of fused-ring (bicyclic) bond motifs is 1. The number of nitrogens with one attached hydrogen (secondary N) is 1. The lowest BCUT2D eigenvalue weighted by molar-refractivity contribution is -0.124. The first kappa shape index (κ1) is 19.1. The summed E-state index contributed by atoms with van der Waals surface area (Å²) >= 11 is 0. The van der Waals surface area contributed by atoms with Crippen LogP contribution in [0, 0.1) is 0 Å². The lowest BCUT2D eigenvalue weighted by atomic mass is 10.1. The van der Waals surface area contributed by atoms with Crippen LogP contribution in [0.25, 0.3) is 0 Å². The van der Waals surface area contributed by atoms with Crippen LogP contribution < -0.4 is 10.2 Å². The highest BCUT2D eigenvalue weighted by atomic mass is 16.2. The molecule has 1 atom stereocenters. The zero-order valence-electron chi connectivity index (χ0n) is 16.2. The zero-order valence-corrected chi connectivity index (χ0v) is 16.2. The van der Waals surface area contributed by atoms with Crippen molar-refractivity contribution in [2.45, 2.75) is 32.7 Å². The van der Waals surface area contributed by atoms with Gasteiger partial charge in [-0.3, -0.25) is 14.5 Å². The van der Waals surface area contributed by atoms with E-state index in [1.165, 1.54) is 5.56 Å². The molecule has 1 heterocycles. The summed E-state index contributed by atoms with van der Waals surface area (Å²) in [6.07, 6.45) is 1.74. The van der Waals surface area contributed by atoms with Crippen LogP contribution in [0.3, 0.4) is 0 Å². The number of benzene rings is 2. The van der Waals surface area contributed by atoms with Gasteiger partial charge in [0.15, 0.2) is 0 Å². The molecule has 0 aromatic heterocycles. The molecule has 142 valence electrons. The topological polar surface area (TPSA) is 52.7 Å². The molecular weight excluding hydrogens is 338 g/mol. The largest absolute Gasteiger partial charge is 0.325 e. The number of nitrogens with zero attached hydrogens (tertiary/aromatic N) is 2. The number of hydrogen-bond acceptors (Lipinski definition) is 3. The van der Waals surface area contributed by atoms with Gasteiger partial charge in [0.25, 0.3) is 0 Å². The number of hydrogen-bond donors (Lipinski definition) is 1. The average molecular weight is 365 g/mol. The summed E-state index contributed by atoms with van der Waals surface area (Å²) in [4.78, 5) is 29.0. The summed E-state index contributed by atoms with van der Waals surface area (Å²) < 4.78 is 0. The molecule has 5 heteroatoms. The second-order valence-corrected chi connectivity index (χ2v) is 7.02. The first-order chi connectivity index (χ1) is 13.0. The van der Waals surface area contributed by atoms with Gasteiger partial charge in [0.1, 0.15) is 0 Å². The molecule has 1 unspecified atom stereocenters. The lowest BCUT2D eigenvalue weighted by Crippen LogP contribution is -2.47. The van der Waals surface area contributed by atoms with Gasteiger partial charge in [0, 0.05) is 17.9 Å². The highest BCUT2D eigenvalue weighted by Gasteiger charge is 2.30. The summed E-state index contributed by atoms with van der Waals surface area (Å²) in [7, 11) is 1.82. The predicted molar refractivity (Wildman–Crippen MR) is 109 cm³/mol. The first-order valence-electron chi connectivity index (χ1n) is 9.48. The van der Waals surface area contributed by atoms with Gasteiger partial charge in [-0.1, -0.05) is 43.3 Å². The van der Waals surface area contributed by atoms with Crippen molar-refractivity contribution in [3.63, 3.8) is 0 Å². The molecule has 0 bridgehead atoms. The van der Waals surface area contributed by atoms with Crippen LogP contribution in [0.5, 0.6) is 0 Å². The molecule has 0 saturated carbocycles. The number of aryl methyl sites for hydroxylation is 1. The van der Waals surface area contributed by atoms with Crippen molar-refractivity contribution in [3.05, 3.63) is 59.7 Å². The predicted octanol–water partition coefficient (Wildman–Crippen LogP) is 3.10. The monoisotopic (exact) mass is 365 g/mol. The number of rotatable bonds is 6. The molecule has 2 aromatic rings. The summed E-state index contributed by atoms with van der Waals surface area (Å²) in [5, 5.41) is 2.97. The zero-order chi connectivity index (χ0) is 19.4. The van der Waals surface area contributed by atoms with Crippen LogP contribution in [0.2, 0.25) is 0 Å². The number of likely N-dealkylation sites (N-methyl/N-ethyl adjacent to an activating group) is 1. The van der Waals surface area contributed by atoms with Crippen molar-refractivity contribution >= 4 is 23.2 Å². The molecule has 2 aromatic carbocycles. The number of carbonyl (C=O) groups is 2. The van der Waals surface area contributed by atoms with E-state index in [-0.39, 0.29) is 24.4 Å². The first-order valence-corrected chi connectivity index (χ1v) is 9.48. The summed E-state index contributed by atoms with van der Waals surface area (Å²) in [5.74, 6) is -0.0796. The van der Waals surface area contributed by atoms with Gasteiger partial charge in [-0.25, -0.2) is 0 Å². The van der Waals surface area contributed by atoms with Crippen LogP contribution >= 0.6 is 0 Å². The van der Waals surface area contributed by atoms with E-state index in [9.17, 15) is 9.59 Å². The molecule has 1 N–H and O–H groups in total. The molecule has 5 nitrogen and oxygen atoms in total. The Kier molecular flexibility index (Phi) is 5.91. The highest BCUT2D eigenvalue weighted by molar-refractivity contribution is 5.99. The third-order valence-corrected chi connectivity index (χ3v) is 5.24. The van der Waals surface area contributed by atoms with Crippen molar-refractivity contribution in [1.82, 2.24) is 4.90 Å². The van der Waals surface area contributed by atoms with Crippen LogP contribution in [-0.2, 0) is 22.4 Å². The molecule has 27 heavy (non-hydrogen) atoms. The van der Waals surface area contributed by atoms with E-state index in [1.807, 2.05) is 61.3 Å². The molecule has 3 rings (SSSR count). The van der Waals surface area contributed by atoms with Gasteiger partial charge in [-0.05, 0) is 50.1 Å². The van der Waals surface area contributed by atoms with Crippen LogP contribution in [0.15, 0.2) is 48.5 Å². The molecule has 0 spiro atoms. The molecule has 2 amide bonds. The Hall–Kier alpha value is -2.66. The number of carbonyl (C=O) groups excluding carboxylic acids is 2. The number of para-hydroxylation sites is 2. The Morgan fingerprint density at radius 2 is 1.85 bits per heavy atom. The smallest absolute Gasteiger partial charge is 0.244 e. The normalized spacial score (nSPS) is 14.1. The molecule has 0 radical (unpaired) electrons. The Balaban J connectivity index is 1.61. The molecule has 0 fully saturated rings. The quantitative estimate of drug-likeness (QED) is 0.856. The maximum Gasteiger partial charge on any atom is 0.244 e. The number of anilines is 2. The Morgan fingerprint density at radius 1 is 1.15 bits per heavy atom.